The summed E-state index contributed by atoms with van der Waals surface area (Å²) in [5.74, 6) is -5.34. The third-order valence-corrected chi connectivity index (χ3v) is 6.53. The zero-order valence-corrected chi connectivity index (χ0v) is 19.8. The van der Waals surface area contributed by atoms with Crippen LogP contribution in [0.25, 0.3) is 16.5 Å². The molecule has 0 spiro atoms. The lowest BCUT2D eigenvalue weighted by Crippen LogP contribution is -2.30. The topological polar surface area (TPSA) is 139 Å². The van der Waals surface area contributed by atoms with E-state index in [9.17, 15) is 33.5 Å². The van der Waals surface area contributed by atoms with Gasteiger partial charge in [0.25, 0.3) is 0 Å². The van der Waals surface area contributed by atoms with Crippen LogP contribution in [0.4, 0.5) is 8.78 Å². The Morgan fingerprint density at radius 3 is 2.53 bits per heavy atom. The van der Waals surface area contributed by atoms with Crippen LogP contribution < -0.4 is 5.73 Å². The van der Waals surface area contributed by atoms with Crippen LogP contribution in [0.1, 0.15) is 24.8 Å². The molecule has 1 amide bonds. The SMILES string of the molecule is N#Cc1ccc(-n2c(Br)cnc2SC(F)(F)C(=O)CC(CCC(N)=O)C(=O)O)c2ccccc12. The number of carboxylic acid groups (broad SMARTS) is 1. The Labute approximate surface area is 204 Å². The summed E-state index contributed by atoms with van der Waals surface area (Å²) >= 11 is 3.17. The van der Waals surface area contributed by atoms with Gasteiger partial charge in [-0.2, -0.15) is 14.0 Å². The highest BCUT2D eigenvalue weighted by molar-refractivity contribution is 9.10. The van der Waals surface area contributed by atoms with Crippen LogP contribution in [0.2, 0.25) is 0 Å². The molecule has 3 N–H and O–H groups in total. The van der Waals surface area contributed by atoms with Crippen LogP contribution in [-0.4, -0.2) is 37.6 Å². The molecule has 8 nitrogen and oxygen atoms in total. The molecule has 1 aromatic heterocycles. The fourth-order valence-electron chi connectivity index (χ4n) is 3.32. The number of halogens is 3. The summed E-state index contributed by atoms with van der Waals surface area (Å²) in [6.45, 7) is 0. The number of imidazole rings is 1. The molecule has 0 aliphatic carbocycles. The predicted octanol–water partition coefficient (Wildman–Crippen LogP) is 4.27. The molecule has 0 radical (unpaired) electrons. The summed E-state index contributed by atoms with van der Waals surface area (Å²) in [4.78, 5) is 38.6. The van der Waals surface area contributed by atoms with Crippen LogP contribution in [0.15, 0.2) is 52.4 Å². The standard InChI is InChI=1S/C22H17BrF2N4O4S/c23-18-11-28-21(29(18)16-7-5-13(10-26)14-3-1-2-4-15(14)16)34-22(24,25)17(30)9-12(20(32)33)6-8-19(27)31/h1-5,7,11-12H,6,8-9H2,(H2,27,31)(H,32,33). The molecule has 0 aliphatic heterocycles. The van der Waals surface area contributed by atoms with Crippen LogP contribution in [0, 0.1) is 17.2 Å². The van der Waals surface area contributed by atoms with Gasteiger partial charge in [-0.05, 0) is 46.2 Å². The summed E-state index contributed by atoms with van der Waals surface area (Å²) in [5, 5.41) is 15.6. The quantitative estimate of drug-likeness (QED) is 0.359. The van der Waals surface area contributed by atoms with E-state index in [4.69, 9.17) is 5.73 Å². The van der Waals surface area contributed by atoms with E-state index in [1.54, 1.807) is 36.4 Å². The largest absolute Gasteiger partial charge is 0.481 e. The summed E-state index contributed by atoms with van der Waals surface area (Å²) in [6.07, 6.45) is -0.340. The molecule has 12 heteroatoms. The first-order valence-corrected chi connectivity index (χ1v) is 11.4. The van der Waals surface area contributed by atoms with E-state index in [2.05, 4.69) is 27.0 Å². The van der Waals surface area contributed by atoms with Crippen molar-refractivity contribution >= 4 is 56.1 Å². The number of carbonyl (C=O) groups is 3. The molecule has 0 saturated carbocycles. The number of fused-ring (bicyclic) bond motifs is 1. The monoisotopic (exact) mass is 550 g/mol. The maximum atomic E-state index is 14.9. The van der Waals surface area contributed by atoms with Crippen molar-refractivity contribution in [2.45, 2.75) is 29.7 Å². The predicted molar refractivity (Wildman–Crippen MR) is 123 cm³/mol. The first-order chi connectivity index (χ1) is 16.0. The van der Waals surface area contributed by atoms with Crippen LogP contribution >= 0.6 is 27.7 Å². The van der Waals surface area contributed by atoms with E-state index in [0.29, 0.717) is 26.6 Å². The fraction of sp³-hybridized carbons (Fsp3) is 0.227. The number of aromatic nitrogens is 2. The molecule has 34 heavy (non-hydrogen) atoms. The summed E-state index contributed by atoms with van der Waals surface area (Å²) in [6, 6.07) is 12.2. The number of nitrogens with two attached hydrogens (primary N) is 1. The van der Waals surface area contributed by atoms with Gasteiger partial charge in [0, 0.05) is 23.6 Å². The van der Waals surface area contributed by atoms with E-state index in [1.165, 1.54) is 10.8 Å². The minimum Gasteiger partial charge on any atom is -0.481 e. The molecule has 1 unspecified atom stereocenters. The molecular formula is C22H17BrF2N4O4S. The number of nitrogens with zero attached hydrogens (tertiary/aromatic N) is 3. The van der Waals surface area contributed by atoms with Crippen molar-refractivity contribution < 1.29 is 28.3 Å². The lowest BCUT2D eigenvalue weighted by atomic mass is 9.97. The molecule has 0 bridgehead atoms. The zero-order chi connectivity index (χ0) is 25.0. The van der Waals surface area contributed by atoms with Gasteiger partial charge in [0.2, 0.25) is 11.7 Å². The lowest BCUT2D eigenvalue weighted by Gasteiger charge is -2.18. The van der Waals surface area contributed by atoms with Crippen LogP contribution in [0.3, 0.4) is 0 Å². The van der Waals surface area contributed by atoms with Crippen LogP contribution in [-0.2, 0) is 14.4 Å². The van der Waals surface area contributed by atoms with E-state index in [0.717, 1.165) is 0 Å². The average molecular weight is 551 g/mol. The maximum Gasteiger partial charge on any atom is 0.358 e. The number of alkyl halides is 2. The Morgan fingerprint density at radius 2 is 1.91 bits per heavy atom. The Bertz CT molecular complexity index is 1320. The number of ketones is 1. The number of Topliss-reactive ketones (excluding diaryl/α,β-unsaturated/α-hetero) is 1. The van der Waals surface area contributed by atoms with Crippen molar-refractivity contribution in [3.63, 3.8) is 0 Å². The number of hydrogen-bond donors (Lipinski definition) is 2. The second-order valence-electron chi connectivity index (χ2n) is 7.27. The minimum atomic E-state index is -3.99. The van der Waals surface area contributed by atoms with E-state index >= 15 is 0 Å². The first kappa shape index (κ1) is 25.3. The van der Waals surface area contributed by atoms with E-state index < -0.39 is 35.3 Å². The minimum absolute atomic E-state index is 0.118. The smallest absolute Gasteiger partial charge is 0.358 e. The normalized spacial score (nSPS) is 12.3. The molecule has 0 fully saturated rings. The number of rotatable bonds is 10. The molecule has 3 aromatic rings. The second-order valence-corrected chi connectivity index (χ2v) is 9.17. The molecular weight excluding hydrogens is 534 g/mol. The third-order valence-electron chi connectivity index (χ3n) is 5.01. The first-order valence-electron chi connectivity index (χ1n) is 9.82. The Kier molecular flexibility index (Phi) is 7.68. The summed E-state index contributed by atoms with van der Waals surface area (Å²) < 4.78 is 31.5. The van der Waals surface area contributed by atoms with Crippen LogP contribution in [0.5, 0.6) is 0 Å². The molecule has 0 aliphatic rings. The van der Waals surface area contributed by atoms with Crippen molar-refractivity contribution in [3.05, 3.63) is 52.8 Å². The van der Waals surface area contributed by atoms with E-state index in [-0.39, 0.29) is 29.8 Å². The van der Waals surface area contributed by atoms with Gasteiger partial charge in [-0.1, -0.05) is 24.3 Å². The molecule has 176 valence electrons. The van der Waals surface area contributed by atoms with Gasteiger partial charge >= 0.3 is 11.2 Å². The summed E-state index contributed by atoms with van der Waals surface area (Å²) in [7, 11) is 0. The number of carboxylic acids is 1. The molecule has 1 heterocycles. The third kappa shape index (κ3) is 5.43. The van der Waals surface area contributed by atoms with Crippen molar-refractivity contribution in [1.29, 1.82) is 5.26 Å². The van der Waals surface area contributed by atoms with Crippen molar-refractivity contribution in [2.75, 3.05) is 0 Å². The Morgan fingerprint density at radius 1 is 1.24 bits per heavy atom. The number of carbonyl (C=O) groups excluding carboxylic acids is 2. The van der Waals surface area contributed by atoms with Gasteiger partial charge in [-0.25, -0.2) is 4.98 Å². The highest BCUT2D eigenvalue weighted by Gasteiger charge is 2.43. The number of benzene rings is 2. The highest BCUT2D eigenvalue weighted by Crippen LogP contribution is 2.41. The van der Waals surface area contributed by atoms with Crippen molar-refractivity contribution in [1.82, 2.24) is 9.55 Å². The number of aliphatic carboxylic acids is 1. The van der Waals surface area contributed by atoms with Gasteiger partial charge in [0.1, 0.15) is 4.60 Å². The second kappa shape index (κ2) is 10.3. The molecule has 2 aromatic carbocycles. The zero-order valence-electron chi connectivity index (χ0n) is 17.4. The Hall–Kier alpha value is -3.30. The number of hydrogen-bond acceptors (Lipinski definition) is 6. The summed E-state index contributed by atoms with van der Waals surface area (Å²) in [5.41, 5.74) is 5.85. The van der Waals surface area contributed by atoms with Gasteiger partial charge in [0.15, 0.2) is 5.16 Å². The Balaban J connectivity index is 1.93. The van der Waals surface area contributed by atoms with Crippen molar-refractivity contribution in [3.8, 4) is 11.8 Å². The maximum absolute atomic E-state index is 14.9. The van der Waals surface area contributed by atoms with Crippen molar-refractivity contribution in [2.24, 2.45) is 11.7 Å². The van der Waals surface area contributed by atoms with Gasteiger partial charge < -0.3 is 10.8 Å². The van der Waals surface area contributed by atoms with Gasteiger partial charge in [0.05, 0.1) is 29.4 Å². The number of amides is 1. The lowest BCUT2D eigenvalue weighted by molar-refractivity contribution is -0.146. The van der Waals surface area contributed by atoms with Gasteiger partial charge in [-0.15, -0.1) is 0 Å². The number of thioether (sulfide) groups is 1. The highest BCUT2D eigenvalue weighted by atomic mass is 79.9. The fourth-order valence-corrected chi connectivity index (χ4v) is 4.72. The number of primary amides is 1. The van der Waals surface area contributed by atoms with E-state index in [1.807, 2.05) is 0 Å². The van der Waals surface area contributed by atoms with Gasteiger partial charge in [-0.3, -0.25) is 19.0 Å². The molecule has 0 saturated heterocycles. The number of nitriles is 1. The molecule has 3 rings (SSSR count). The molecule has 1 atom stereocenters. The average Bonchev–Trinajstić information content (AvgIpc) is 3.14.